The smallest absolute Gasteiger partial charge is 0.0748 e. The van der Waals surface area contributed by atoms with Gasteiger partial charge in [0.1, 0.15) is 0 Å². The zero-order valence-corrected chi connectivity index (χ0v) is 27.4. The lowest BCUT2D eigenvalue weighted by Gasteiger charge is -2.19. The van der Waals surface area contributed by atoms with Crippen LogP contribution in [0, 0.1) is 0 Å². The Hall–Kier alpha value is -4.70. The molecular weight excluding hydrogens is 548 g/mol. The topological polar surface area (TPSA) is 35.6 Å². The van der Waals surface area contributed by atoms with Gasteiger partial charge in [0.15, 0.2) is 0 Å². The van der Waals surface area contributed by atoms with E-state index >= 15 is 0 Å². The second-order valence-corrected chi connectivity index (χ2v) is 12.8. The Morgan fingerprint density at radius 3 is 1.27 bits per heavy atom. The fourth-order valence-electron chi connectivity index (χ4n) is 5.96. The molecule has 228 valence electrons. The van der Waals surface area contributed by atoms with Gasteiger partial charge in [-0.05, 0) is 97.2 Å². The first-order valence-corrected chi connectivity index (χ1v) is 16.3. The third kappa shape index (κ3) is 6.02. The van der Waals surface area contributed by atoms with Crippen LogP contribution in [-0.4, -0.2) is 19.6 Å². The van der Waals surface area contributed by atoms with Crippen molar-refractivity contribution in [2.45, 2.75) is 71.6 Å². The standard InChI is InChI=1S/C41H44N4/c1-7-29(3)37-27-39(42-44(37)35-23-15-21-33(25-35)31-17-11-9-12-18-31)41(5,6)40-28-38(30(4)8-2)45(43-40)36-24-16-22-34(26-36)32-19-13-10-14-20-32/h9-30H,7-8H2,1-6H3. The fraction of sp³-hybridized carbons (Fsp3) is 0.268. The van der Waals surface area contributed by atoms with Crippen molar-refractivity contribution in [2.75, 3.05) is 0 Å². The van der Waals surface area contributed by atoms with Gasteiger partial charge in [0.25, 0.3) is 0 Å². The molecule has 0 N–H and O–H groups in total. The molecule has 0 spiro atoms. The van der Waals surface area contributed by atoms with Crippen molar-refractivity contribution in [3.05, 3.63) is 144 Å². The van der Waals surface area contributed by atoms with Gasteiger partial charge in [-0.1, -0.05) is 113 Å². The Kier molecular flexibility index (Phi) is 8.58. The summed E-state index contributed by atoms with van der Waals surface area (Å²) in [5.74, 6) is 0.716. The Balaban J connectivity index is 1.44. The van der Waals surface area contributed by atoms with Crippen LogP contribution in [0.25, 0.3) is 33.6 Å². The van der Waals surface area contributed by atoms with Crippen molar-refractivity contribution >= 4 is 0 Å². The lowest BCUT2D eigenvalue weighted by molar-refractivity contribution is 0.573. The first kappa shape index (κ1) is 30.3. The van der Waals surface area contributed by atoms with Crippen molar-refractivity contribution in [1.29, 1.82) is 0 Å². The monoisotopic (exact) mass is 592 g/mol. The molecule has 4 heteroatoms. The molecule has 2 aromatic heterocycles. The van der Waals surface area contributed by atoms with Crippen molar-refractivity contribution < 1.29 is 0 Å². The van der Waals surface area contributed by atoms with Gasteiger partial charge in [-0.15, -0.1) is 0 Å². The van der Waals surface area contributed by atoms with E-state index in [0.717, 1.165) is 35.6 Å². The SMILES string of the molecule is CCC(C)c1cc(C(C)(C)c2cc(C(C)CC)n(-c3cccc(-c4ccccc4)c3)n2)nn1-c1cccc(-c2ccccc2)c1. The number of aromatic nitrogens is 4. The van der Waals surface area contributed by atoms with Crippen LogP contribution in [0.5, 0.6) is 0 Å². The van der Waals surface area contributed by atoms with Gasteiger partial charge in [0.2, 0.25) is 0 Å². The van der Waals surface area contributed by atoms with E-state index in [4.69, 9.17) is 10.2 Å². The Morgan fingerprint density at radius 2 is 0.889 bits per heavy atom. The average Bonchev–Trinajstić information content (AvgIpc) is 3.76. The number of hydrogen-bond donors (Lipinski definition) is 0. The zero-order valence-electron chi connectivity index (χ0n) is 27.4. The third-order valence-electron chi connectivity index (χ3n) is 9.38. The molecule has 0 saturated heterocycles. The normalized spacial score (nSPS) is 13.1. The van der Waals surface area contributed by atoms with Crippen molar-refractivity contribution in [3.8, 4) is 33.6 Å². The first-order valence-electron chi connectivity index (χ1n) is 16.3. The van der Waals surface area contributed by atoms with Crippen molar-refractivity contribution in [3.63, 3.8) is 0 Å². The summed E-state index contributed by atoms with van der Waals surface area (Å²) in [5.41, 5.74) is 11.1. The molecule has 2 unspecified atom stereocenters. The van der Waals surface area contributed by atoms with Crippen LogP contribution in [0.3, 0.4) is 0 Å². The molecule has 0 fully saturated rings. The molecule has 0 saturated carbocycles. The van der Waals surface area contributed by atoms with Gasteiger partial charge >= 0.3 is 0 Å². The predicted molar refractivity (Wildman–Crippen MR) is 188 cm³/mol. The number of benzene rings is 4. The van der Waals surface area contributed by atoms with E-state index in [1.54, 1.807) is 0 Å². The largest absolute Gasteiger partial charge is 0.237 e. The second kappa shape index (κ2) is 12.7. The highest BCUT2D eigenvalue weighted by molar-refractivity contribution is 5.67. The molecule has 6 rings (SSSR count). The highest BCUT2D eigenvalue weighted by atomic mass is 15.3. The summed E-state index contributed by atoms with van der Waals surface area (Å²) >= 11 is 0. The molecule has 0 aliphatic rings. The number of rotatable bonds is 10. The summed E-state index contributed by atoms with van der Waals surface area (Å²) in [6, 6.07) is 43.2. The van der Waals surface area contributed by atoms with Gasteiger partial charge in [-0.2, -0.15) is 10.2 Å². The summed E-state index contributed by atoms with van der Waals surface area (Å²) in [6.45, 7) is 13.6. The van der Waals surface area contributed by atoms with Crippen LogP contribution in [0.15, 0.2) is 121 Å². The third-order valence-corrected chi connectivity index (χ3v) is 9.38. The zero-order chi connectivity index (χ0) is 31.6. The maximum absolute atomic E-state index is 5.33. The predicted octanol–water partition coefficient (Wildman–Crippen LogP) is 10.7. The Morgan fingerprint density at radius 1 is 0.511 bits per heavy atom. The lowest BCUT2D eigenvalue weighted by atomic mass is 9.84. The minimum atomic E-state index is -0.408. The maximum Gasteiger partial charge on any atom is 0.0748 e. The summed E-state index contributed by atoms with van der Waals surface area (Å²) in [4.78, 5) is 0. The maximum atomic E-state index is 5.33. The van der Waals surface area contributed by atoms with Gasteiger partial charge in [0, 0.05) is 11.4 Å². The van der Waals surface area contributed by atoms with E-state index in [1.807, 2.05) is 0 Å². The van der Waals surface area contributed by atoms with Crippen LogP contribution in [-0.2, 0) is 5.41 Å². The molecule has 6 aromatic rings. The fourth-order valence-corrected chi connectivity index (χ4v) is 5.96. The van der Waals surface area contributed by atoms with Gasteiger partial charge < -0.3 is 0 Å². The van der Waals surface area contributed by atoms with Gasteiger partial charge in [0.05, 0.1) is 28.2 Å². The van der Waals surface area contributed by atoms with E-state index < -0.39 is 5.41 Å². The quantitative estimate of drug-likeness (QED) is 0.159. The summed E-state index contributed by atoms with van der Waals surface area (Å²) < 4.78 is 4.32. The van der Waals surface area contributed by atoms with Crippen molar-refractivity contribution in [2.24, 2.45) is 0 Å². The second-order valence-electron chi connectivity index (χ2n) is 12.8. The van der Waals surface area contributed by atoms with Gasteiger partial charge in [-0.3, -0.25) is 0 Å². The van der Waals surface area contributed by atoms with Crippen molar-refractivity contribution in [1.82, 2.24) is 19.6 Å². The molecular formula is C41H44N4. The number of hydrogen-bond acceptors (Lipinski definition) is 2. The van der Waals surface area contributed by atoms with Crippen LogP contribution in [0.2, 0.25) is 0 Å². The summed E-state index contributed by atoms with van der Waals surface area (Å²) in [5, 5.41) is 10.7. The minimum absolute atomic E-state index is 0.358. The molecule has 0 amide bonds. The molecule has 2 heterocycles. The van der Waals surface area contributed by atoms with E-state index in [1.165, 1.54) is 33.6 Å². The van der Waals surface area contributed by atoms with E-state index in [2.05, 4.69) is 172 Å². The molecule has 2 atom stereocenters. The number of nitrogens with zero attached hydrogens (tertiary/aromatic N) is 4. The van der Waals surface area contributed by atoms with E-state index in [-0.39, 0.29) is 0 Å². The highest BCUT2D eigenvalue weighted by Gasteiger charge is 2.33. The molecule has 4 nitrogen and oxygen atoms in total. The van der Waals surface area contributed by atoms with Crippen LogP contribution in [0.1, 0.15) is 89.0 Å². The Labute approximate surface area is 268 Å². The molecule has 0 aliphatic carbocycles. The summed E-state index contributed by atoms with van der Waals surface area (Å²) in [6.07, 6.45) is 2.07. The summed E-state index contributed by atoms with van der Waals surface area (Å²) in [7, 11) is 0. The van der Waals surface area contributed by atoms with E-state index in [0.29, 0.717) is 11.8 Å². The molecule has 4 aromatic carbocycles. The molecule has 0 radical (unpaired) electrons. The molecule has 0 aliphatic heterocycles. The lowest BCUT2D eigenvalue weighted by Crippen LogP contribution is -2.21. The Bertz CT molecular complexity index is 1740. The van der Waals surface area contributed by atoms with Crippen LogP contribution >= 0.6 is 0 Å². The van der Waals surface area contributed by atoms with Crippen LogP contribution < -0.4 is 0 Å². The average molecular weight is 593 g/mol. The molecule has 45 heavy (non-hydrogen) atoms. The van der Waals surface area contributed by atoms with E-state index in [9.17, 15) is 0 Å². The minimum Gasteiger partial charge on any atom is -0.237 e. The highest BCUT2D eigenvalue weighted by Crippen LogP contribution is 2.37. The van der Waals surface area contributed by atoms with Gasteiger partial charge in [-0.25, -0.2) is 9.36 Å². The van der Waals surface area contributed by atoms with Crippen LogP contribution in [0.4, 0.5) is 0 Å². The molecule has 0 bridgehead atoms. The first-order chi connectivity index (χ1) is 21.8.